The Kier molecular flexibility index (Phi) is 3.82. The zero-order valence-corrected chi connectivity index (χ0v) is 11.0. The van der Waals surface area contributed by atoms with Gasteiger partial charge in [0.25, 0.3) is 0 Å². The minimum Gasteiger partial charge on any atom is -0.481 e. The minimum absolute atomic E-state index is 0.530. The number of nitrogens with zero attached hydrogens (tertiary/aromatic N) is 1. The van der Waals surface area contributed by atoms with Crippen molar-refractivity contribution in [3.63, 3.8) is 0 Å². The van der Waals surface area contributed by atoms with Gasteiger partial charge in [0.15, 0.2) is 0 Å². The Morgan fingerprint density at radius 1 is 1.59 bits per heavy atom. The van der Waals surface area contributed by atoms with Crippen LogP contribution < -0.4 is 0 Å². The van der Waals surface area contributed by atoms with E-state index in [2.05, 4.69) is 11.9 Å². The summed E-state index contributed by atoms with van der Waals surface area (Å²) in [7, 11) is 0. The molecule has 0 aliphatic heterocycles. The highest BCUT2D eigenvalue weighted by molar-refractivity contribution is 7.09. The fraction of sp³-hybridized carbons (Fsp3) is 0.692. The molecule has 0 saturated heterocycles. The molecule has 3 nitrogen and oxygen atoms in total. The van der Waals surface area contributed by atoms with Gasteiger partial charge in [-0.2, -0.15) is 0 Å². The van der Waals surface area contributed by atoms with Crippen molar-refractivity contribution in [1.29, 1.82) is 0 Å². The van der Waals surface area contributed by atoms with Gasteiger partial charge in [-0.05, 0) is 38.0 Å². The van der Waals surface area contributed by atoms with Crippen molar-refractivity contribution < 1.29 is 9.90 Å². The molecule has 0 unspecified atom stereocenters. The second-order valence-electron chi connectivity index (χ2n) is 5.08. The van der Waals surface area contributed by atoms with Gasteiger partial charge >= 0.3 is 5.97 Å². The van der Waals surface area contributed by atoms with Crippen molar-refractivity contribution in [2.24, 2.45) is 11.3 Å². The molecule has 0 aromatic carbocycles. The number of carboxylic acid groups (broad SMARTS) is 1. The van der Waals surface area contributed by atoms with Crippen LogP contribution in [0.2, 0.25) is 0 Å². The van der Waals surface area contributed by atoms with E-state index in [1.54, 1.807) is 23.0 Å². The molecule has 1 aromatic heterocycles. The standard InChI is InChI=1S/C13H19NO2S/c1-2-10-3-5-13(6-4-10,12(15)16)7-11-8-14-9-17-11/h8-10H,2-7H2,1H3,(H,15,16). The van der Waals surface area contributed by atoms with Crippen LogP contribution >= 0.6 is 11.3 Å². The summed E-state index contributed by atoms with van der Waals surface area (Å²) in [5, 5.41) is 9.53. The van der Waals surface area contributed by atoms with Crippen molar-refractivity contribution in [2.75, 3.05) is 0 Å². The summed E-state index contributed by atoms with van der Waals surface area (Å²) in [5.74, 6) is 0.101. The van der Waals surface area contributed by atoms with Gasteiger partial charge in [-0.15, -0.1) is 11.3 Å². The first-order valence-electron chi connectivity index (χ1n) is 6.27. The third kappa shape index (κ3) is 2.68. The van der Waals surface area contributed by atoms with Crippen molar-refractivity contribution in [2.45, 2.75) is 45.4 Å². The molecule has 0 bridgehead atoms. The number of carboxylic acids is 1. The summed E-state index contributed by atoms with van der Waals surface area (Å²) in [4.78, 5) is 16.7. The van der Waals surface area contributed by atoms with Crippen LogP contribution in [-0.2, 0) is 11.2 Å². The number of thiazole rings is 1. The number of carbonyl (C=O) groups is 1. The summed E-state index contributed by atoms with van der Waals surface area (Å²) in [5.41, 5.74) is 1.25. The van der Waals surface area contributed by atoms with E-state index in [4.69, 9.17) is 0 Å². The Hall–Kier alpha value is -0.900. The van der Waals surface area contributed by atoms with Gasteiger partial charge in [0.05, 0.1) is 10.9 Å². The largest absolute Gasteiger partial charge is 0.481 e. The summed E-state index contributed by atoms with van der Waals surface area (Å²) in [6.07, 6.45) is 7.39. The van der Waals surface area contributed by atoms with Gasteiger partial charge in [-0.25, -0.2) is 0 Å². The van der Waals surface area contributed by atoms with Gasteiger partial charge in [-0.3, -0.25) is 9.78 Å². The second kappa shape index (κ2) is 5.17. The number of aromatic nitrogens is 1. The first-order valence-corrected chi connectivity index (χ1v) is 7.15. The van der Waals surface area contributed by atoms with Gasteiger partial charge in [-0.1, -0.05) is 13.3 Å². The molecule has 1 saturated carbocycles. The van der Waals surface area contributed by atoms with E-state index in [1.165, 1.54) is 6.42 Å². The summed E-state index contributed by atoms with van der Waals surface area (Å²) in [6.45, 7) is 2.20. The van der Waals surface area contributed by atoms with E-state index in [1.807, 2.05) is 0 Å². The van der Waals surface area contributed by atoms with E-state index in [-0.39, 0.29) is 0 Å². The monoisotopic (exact) mass is 253 g/mol. The highest BCUT2D eigenvalue weighted by Gasteiger charge is 2.41. The molecule has 1 aliphatic rings. The Balaban J connectivity index is 2.09. The summed E-state index contributed by atoms with van der Waals surface area (Å²) in [6, 6.07) is 0. The number of aliphatic carboxylic acids is 1. The third-order valence-electron chi connectivity index (χ3n) is 4.09. The lowest BCUT2D eigenvalue weighted by Gasteiger charge is -2.36. The van der Waals surface area contributed by atoms with Crippen LogP contribution in [0.3, 0.4) is 0 Å². The minimum atomic E-state index is -0.625. The van der Waals surface area contributed by atoms with Crippen molar-refractivity contribution in [3.8, 4) is 0 Å². The SMILES string of the molecule is CCC1CCC(Cc2cncs2)(C(=O)O)CC1. The van der Waals surface area contributed by atoms with E-state index >= 15 is 0 Å². The van der Waals surface area contributed by atoms with E-state index < -0.39 is 11.4 Å². The zero-order chi connectivity index (χ0) is 12.3. The highest BCUT2D eigenvalue weighted by Crippen LogP contribution is 2.43. The Bertz CT molecular complexity index is 367. The maximum Gasteiger partial charge on any atom is 0.309 e. The maximum absolute atomic E-state index is 11.6. The molecule has 0 spiro atoms. The molecule has 17 heavy (non-hydrogen) atoms. The Labute approximate surface area is 106 Å². The van der Waals surface area contributed by atoms with Crippen molar-refractivity contribution >= 4 is 17.3 Å². The molecule has 4 heteroatoms. The average molecular weight is 253 g/mol. The molecule has 94 valence electrons. The molecule has 1 N–H and O–H groups in total. The maximum atomic E-state index is 11.6. The average Bonchev–Trinajstić information content (AvgIpc) is 2.82. The molecule has 1 aliphatic carbocycles. The highest BCUT2D eigenvalue weighted by atomic mass is 32.1. The lowest BCUT2D eigenvalue weighted by Crippen LogP contribution is -2.37. The number of hydrogen-bond acceptors (Lipinski definition) is 3. The number of hydrogen-bond donors (Lipinski definition) is 1. The van der Waals surface area contributed by atoms with Gasteiger partial charge in [0.2, 0.25) is 0 Å². The normalized spacial score (nSPS) is 29.1. The van der Waals surface area contributed by atoms with Crippen LogP contribution in [0.25, 0.3) is 0 Å². The molecule has 1 aromatic rings. The van der Waals surface area contributed by atoms with Crippen molar-refractivity contribution in [1.82, 2.24) is 4.98 Å². The van der Waals surface area contributed by atoms with Crippen LogP contribution in [0.5, 0.6) is 0 Å². The van der Waals surface area contributed by atoms with E-state index in [0.717, 1.165) is 36.5 Å². The molecule has 0 radical (unpaired) electrons. The third-order valence-corrected chi connectivity index (χ3v) is 4.87. The number of rotatable bonds is 4. The second-order valence-corrected chi connectivity index (χ2v) is 6.05. The first kappa shape index (κ1) is 12.6. The molecule has 2 rings (SSSR count). The van der Waals surface area contributed by atoms with Gasteiger partial charge in [0, 0.05) is 11.1 Å². The molecule has 0 amide bonds. The van der Waals surface area contributed by atoms with Crippen LogP contribution in [0.1, 0.15) is 43.9 Å². The van der Waals surface area contributed by atoms with E-state index in [9.17, 15) is 9.90 Å². The van der Waals surface area contributed by atoms with Crippen LogP contribution in [0.15, 0.2) is 11.7 Å². The molecule has 1 fully saturated rings. The van der Waals surface area contributed by atoms with Crippen molar-refractivity contribution in [3.05, 3.63) is 16.6 Å². The predicted octanol–water partition coefficient (Wildman–Crippen LogP) is 3.36. The Morgan fingerprint density at radius 2 is 2.29 bits per heavy atom. The van der Waals surface area contributed by atoms with Crippen LogP contribution in [0.4, 0.5) is 0 Å². The lowest BCUT2D eigenvalue weighted by molar-refractivity contribution is -0.151. The Morgan fingerprint density at radius 3 is 2.76 bits per heavy atom. The fourth-order valence-corrected chi connectivity index (χ4v) is 3.51. The van der Waals surface area contributed by atoms with E-state index in [0.29, 0.717) is 6.42 Å². The van der Waals surface area contributed by atoms with Crippen LogP contribution in [-0.4, -0.2) is 16.1 Å². The lowest BCUT2D eigenvalue weighted by atomic mass is 9.68. The smallest absolute Gasteiger partial charge is 0.309 e. The molecular weight excluding hydrogens is 234 g/mol. The fourth-order valence-electron chi connectivity index (χ4n) is 2.77. The molecule has 1 heterocycles. The first-order chi connectivity index (χ1) is 8.16. The summed E-state index contributed by atoms with van der Waals surface area (Å²) < 4.78 is 0. The quantitative estimate of drug-likeness (QED) is 0.895. The summed E-state index contributed by atoms with van der Waals surface area (Å²) >= 11 is 1.56. The topological polar surface area (TPSA) is 50.2 Å². The predicted molar refractivity (Wildman–Crippen MR) is 68.1 cm³/mol. The van der Waals surface area contributed by atoms with Crippen LogP contribution in [0, 0.1) is 11.3 Å². The van der Waals surface area contributed by atoms with Gasteiger partial charge in [0.1, 0.15) is 0 Å². The molecular formula is C13H19NO2S. The van der Waals surface area contributed by atoms with Gasteiger partial charge < -0.3 is 5.11 Å². The molecule has 0 atom stereocenters. The zero-order valence-electron chi connectivity index (χ0n) is 10.2.